The van der Waals surface area contributed by atoms with Crippen LogP contribution >= 0.6 is 0 Å². The van der Waals surface area contributed by atoms with Crippen molar-refractivity contribution in [2.24, 2.45) is 52.3 Å². The third kappa shape index (κ3) is 5.55. The summed E-state index contributed by atoms with van der Waals surface area (Å²) in [6, 6.07) is 10.7. The zero-order valence-electron chi connectivity index (χ0n) is 27.3. The van der Waals surface area contributed by atoms with Crippen molar-refractivity contribution < 1.29 is 9.47 Å². The van der Waals surface area contributed by atoms with Gasteiger partial charge in [-0.1, -0.05) is 70.4 Å². The van der Waals surface area contributed by atoms with E-state index in [1.165, 1.54) is 115 Å². The normalized spacial score (nSPS) is 44.2. The summed E-state index contributed by atoms with van der Waals surface area (Å²) in [6.07, 6.45) is 20.9. The van der Waals surface area contributed by atoms with Crippen LogP contribution in [0.2, 0.25) is 0 Å². The average Bonchev–Trinajstić information content (AvgIpc) is 3.49. The van der Waals surface area contributed by atoms with Gasteiger partial charge < -0.3 is 14.4 Å². The highest BCUT2D eigenvalue weighted by Gasteiger charge is 2.65. The van der Waals surface area contributed by atoms with Crippen molar-refractivity contribution in [2.75, 3.05) is 26.2 Å². The molecule has 0 aromatic heterocycles. The molecule has 1 aromatic carbocycles. The molecule has 2 saturated heterocycles. The van der Waals surface area contributed by atoms with E-state index < -0.39 is 0 Å². The van der Waals surface area contributed by atoms with E-state index in [2.05, 4.69) is 56.0 Å². The summed E-state index contributed by atoms with van der Waals surface area (Å²) in [5.74, 6) is 5.97. The molecule has 0 bridgehead atoms. The lowest BCUT2D eigenvalue weighted by Crippen LogP contribution is -2.53. The second-order valence-electron chi connectivity index (χ2n) is 16.6. The van der Waals surface area contributed by atoms with E-state index in [9.17, 15) is 0 Å². The van der Waals surface area contributed by atoms with Crippen molar-refractivity contribution in [3.05, 3.63) is 35.9 Å². The van der Waals surface area contributed by atoms with Crippen molar-refractivity contribution in [1.82, 2.24) is 4.90 Å². The number of rotatable bonds is 9. The van der Waals surface area contributed by atoms with Gasteiger partial charge in [0.15, 0.2) is 0 Å². The Morgan fingerprint density at radius 1 is 0.905 bits per heavy atom. The standard InChI is InChI=1S/C39H61NO2/c1-28-35(18-15-30(25-40-22-10-5-11-23-40)27-41-26-29-12-6-4-7-13-29)42-36-24-34-32-17-16-31-14-8-9-20-38(31,2)33(32)19-21-39(34,3)37(28)36/h4,6-7,12-13,28,30-37H,5,8-11,14-27H2,1-3H3/t28-,30?,31?,32-,33+,34+,35?,36+,37+,38+,39+/m1/s1. The Morgan fingerprint density at radius 3 is 2.57 bits per heavy atom. The molecule has 7 rings (SSSR count). The van der Waals surface area contributed by atoms with Crippen LogP contribution in [0.5, 0.6) is 0 Å². The maximum atomic E-state index is 7.13. The Balaban J connectivity index is 0.978. The van der Waals surface area contributed by atoms with Crippen LogP contribution < -0.4 is 0 Å². The largest absolute Gasteiger partial charge is 0.376 e. The molecule has 6 fully saturated rings. The van der Waals surface area contributed by atoms with Crippen LogP contribution in [0.1, 0.15) is 116 Å². The SMILES string of the molecule is C[C@@H]1C(CCC(COCc2ccccc2)CN2CCCCC2)O[C@H]2C[C@H]3[C@@H]4CCC5CCCC[C@]5(C)[C@H]4CC[C@]3(C)[C@H]21. The summed E-state index contributed by atoms with van der Waals surface area (Å²) >= 11 is 0. The van der Waals surface area contributed by atoms with Gasteiger partial charge in [-0.05, 0) is 142 Å². The maximum Gasteiger partial charge on any atom is 0.0717 e. The van der Waals surface area contributed by atoms with Crippen molar-refractivity contribution in [2.45, 2.75) is 129 Å². The molecule has 234 valence electrons. The van der Waals surface area contributed by atoms with Crippen LogP contribution in [0.25, 0.3) is 0 Å². The number of nitrogens with zero attached hydrogens (tertiary/aromatic N) is 1. The second kappa shape index (κ2) is 12.5. The van der Waals surface area contributed by atoms with Gasteiger partial charge in [-0.15, -0.1) is 0 Å². The fourth-order valence-corrected chi connectivity index (χ4v) is 12.4. The fraction of sp³-hybridized carbons (Fsp3) is 0.846. The van der Waals surface area contributed by atoms with Gasteiger partial charge in [0.1, 0.15) is 0 Å². The first-order valence-electron chi connectivity index (χ1n) is 18.4. The lowest BCUT2D eigenvalue weighted by molar-refractivity contribution is -0.115. The van der Waals surface area contributed by atoms with Crippen LogP contribution in [0, 0.1) is 52.3 Å². The zero-order chi connectivity index (χ0) is 28.7. The quantitative estimate of drug-likeness (QED) is 0.293. The second-order valence-corrected chi connectivity index (χ2v) is 16.6. The monoisotopic (exact) mass is 575 g/mol. The van der Waals surface area contributed by atoms with Crippen LogP contribution in [-0.4, -0.2) is 43.3 Å². The third-order valence-corrected chi connectivity index (χ3v) is 14.5. The molecule has 0 radical (unpaired) electrons. The first-order chi connectivity index (χ1) is 20.5. The Kier molecular flexibility index (Phi) is 8.85. The molecule has 6 aliphatic rings. The van der Waals surface area contributed by atoms with Gasteiger partial charge in [0.05, 0.1) is 25.4 Å². The van der Waals surface area contributed by atoms with Gasteiger partial charge in [0, 0.05) is 6.54 Å². The van der Waals surface area contributed by atoms with Crippen LogP contribution in [0.4, 0.5) is 0 Å². The predicted octanol–water partition coefficient (Wildman–Crippen LogP) is 9.15. The topological polar surface area (TPSA) is 21.7 Å². The molecule has 0 amide bonds. The predicted molar refractivity (Wildman–Crippen MR) is 172 cm³/mol. The van der Waals surface area contributed by atoms with Gasteiger partial charge >= 0.3 is 0 Å². The van der Waals surface area contributed by atoms with E-state index in [4.69, 9.17) is 9.47 Å². The highest BCUT2D eigenvalue weighted by atomic mass is 16.5. The number of hydrogen-bond acceptors (Lipinski definition) is 3. The molecular formula is C39H61NO2. The molecule has 4 saturated carbocycles. The van der Waals surface area contributed by atoms with Gasteiger partial charge in [0.2, 0.25) is 0 Å². The third-order valence-electron chi connectivity index (χ3n) is 14.5. The molecule has 1 aromatic rings. The van der Waals surface area contributed by atoms with E-state index in [0.29, 0.717) is 34.9 Å². The summed E-state index contributed by atoms with van der Waals surface area (Å²) < 4.78 is 13.5. The molecule has 42 heavy (non-hydrogen) atoms. The molecule has 3 heteroatoms. The molecule has 2 heterocycles. The van der Waals surface area contributed by atoms with Crippen molar-refractivity contribution in [3.63, 3.8) is 0 Å². The van der Waals surface area contributed by atoms with Gasteiger partial charge in [0.25, 0.3) is 0 Å². The molecule has 0 N–H and O–H groups in total. The maximum absolute atomic E-state index is 7.13. The number of piperidine rings is 1. The van der Waals surface area contributed by atoms with Gasteiger partial charge in [-0.2, -0.15) is 0 Å². The van der Waals surface area contributed by atoms with Crippen molar-refractivity contribution in [1.29, 1.82) is 0 Å². The fourth-order valence-electron chi connectivity index (χ4n) is 12.4. The molecule has 3 nitrogen and oxygen atoms in total. The van der Waals surface area contributed by atoms with Crippen molar-refractivity contribution in [3.8, 4) is 0 Å². The first-order valence-corrected chi connectivity index (χ1v) is 18.4. The summed E-state index contributed by atoms with van der Waals surface area (Å²) in [5.41, 5.74) is 2.43. The average molecular weight is 576 g/mol. The Labute approximate surface area is 257 Å². The van der Waals surface area contributed by atoms with E-state index >= 15 is 0 Å². The molecular weight excluding hydrogens is 514 g/mol. The summed E-state index contributed by atoms with van der Waals surface area (Å²) in [7, 11) is 0. The van der Waals surface area contributed by atoms with Crippen LogP contribution in [-0.2, 0) is 16.1 Å². The Morgan fingerprint density at radius 2 is 1.74 bits per heavy atom. The highest BCUT2D eigenvalue weighted by molar-refractivity contribution is 5.14. The first kappa shape index (κ1) is 29.8. The van der Waals surface area contributed by atoms with Crippen LogP contribution in [0.3, 0.4) is 0 Å². The minimum Gasteiger partial charge on any atom is -0.376 e. The summed E-state index contributed by atoms with van der Waals surface area (Å²) in [4.78, 5) is 2.72. The number of fused-ring (bicyclic) bond motifs is 7. The van der Waals surface area contributed by atoms with E-state index in [-0.39, 0.29) is 0 Å². The molecule has 3 unspecified atom stereocenters. The van der Waals surface area contributed by atoms with Crippen molar-refractivity contribution >= 4 is 0 Å². The van der Waals surface area contributed by atoms with Crippen LogP contribution in [0.15, 0.2) is 30.3 Å². The van der Waals surface area contributed by atoms with Gasteiger partial charge in [-0.3, -0.25) is 0 Å². The minimum absolute atomic E-state index is 0.445. The summed E-state index contributed by atoms with van der Waals surface area (Å²) in [6.45, 7) is 13.4. The number of hydrogen-bond donors (Lipinski definition) is 0. The smallest absolute Gasteiger partial charge is 0.0717 e. The van der Waals surface area contributed by atoms with Gasteiger partial charge in [-0.25, -0.2) is 0 Å². The molecule has 0 spiro atoms. The Bertz CT molecular complexity index is 1020. The lowest BCUT2D eigenvalue weighted by Gasteiger charge is -2.60. The Hall–Kier alpha value is -0.900. The highest BCUT2D eigenvalue weighted by Crippen LogP contribution is 2.70. The number of likely N-dealkylation sites (tertiary alicyclic amines) is 1. The van der Waals surface area contributed by atoms with E-state index in [1.54, 1.807) is 0 Å². The molecule has 11 atom stereocenters. The number of benzene rings is 1. The molecule has 2 aliphatic heterocycles. The van der Waals surface area contributed by atoms with E-state index in [0.717, 1.165) is 42.8 Å². The van der Waals surface area contributed by atoms with E-state index in [1.807, 2.05) is 0 Å². The lowest BCUT2D eigenvalue weighted by atomic mass is 9.44. The number of ether oxygens (including phenoxy) is 2. The minimum atomic E-state index is 0.445. The zero-order valence-corrected chi connectivity index (χ0v) is 27.3. The molecule has 4 aliphatic carbocycles. The summed E-state index contributed by atoms with van der Waals surface area (Å²) in [5, 5.41) is 0.